The van der Waals surface area contributed by atoms with Crippen LogP contribution in [0.3, 0.4) is 0 Å². The van der Waals surface area contributed by atoms with Gasteiger partial charge < -0.3 is 56.0 Å². The summed E-state index contributed by atoms with van der Waals surface area (Å²) < 4.78 is 52.4. The van der Waals surface area contributed by atoms with Crippen molar-refractivity contribution in [2.75, 3.05) is 114 Å². The summed E-state index contributed by atoms with van der Waals surface area (Å²) in [5, 5.41) is 26.0. The Balaban J connectivity index is 0.590. The second-order valence-electron chi connectivity index (χ2n) is 29.0. The summed E-state index contributed by atoms with van der Waals surface area (Å²) in [6, 6.07) is 8.56. The fourth-order valence-electron chi connectivity index (χ4n) is 14.5. The van der Waals surface area contributed by atoms with Gasteiger partial charge in [-0.15, -0.1) is 11.3 Å². The predicted molar refractivity (Wildman–Crippen MR) is 347 cm³/mol. The minimum atomic E-state index is -1.99. The smallest absolute Gasteiger partial charge is 0.258 e. The fourth-order valence-corrected chi connectivity index (χ4v) is 15.3. The number of fused-ring (bicyclic) bond motifs is 1. The highest BCUT2D eigenvalue weighted by Gasteiger charge is 2.54. The molecule has 2 aromatic carbocycles. The minimum absolute atomic E-state index is 0.00159. The van der Waals surface area contributed by atoms with Gasteiger partial charge in [-0.2, -0.15) is 0 Å². The summed E-state index contributed by atoms with van der Waals surface area (Å²) >= 11 is 1.50. The van der Waals surface area contributed by atoms with E-state index in [1.165, 1.54) is 28.4 Å². The van der Waals surface area contributed by atoms with Crippen LogP contribution in [0.4, 0.5) is 30.5 Å². The Morgan fingerprint density at radius 2 is 1.61 bits per heavy atom. The molecule has 25 heteroatoms. The van der Waals surface area contributed by atoms with E-state index >= 15 is 8.78 Å². The number of aryl methyl sites for hydroxylation is 1. The first-order chi connectivity index (χ1) is 43.8. The van der Waals surface area contributed by atoms with Crippen LogP contribution in [0, 0.1) is 41.2 Å². The van der Waals surface area contributed by atoms with E-state index < -0.39 is 64.2 Å². The van der Waals surface area contributed by atoms with E-state index in [0.29, 0.717) is 80.3 Å². The molecule has 500 valence electrons. The van der Waals surface area contributed by atoms with Gasteiger partial charge in [-0.3, -0.25) is 33.8 Å². The first kappa shape index (κ1) is 66.8. The number of piperazine rings is 1. The third-order valence-electron chi connectivity index (χ3n) is 20.3. The molecular formula is C67H93F3N14O7S. The maximum Gasteiger partial charge on any atom is 0.258 e. The standard InChI is InChI=1S/C67H93F3N14O7S/c1-42-59(92-41-76-42)43-9-10-44(32-73-61(88)53-29-49(85)36-84(53)62(89)60(64(2,3)4)77-63(90)67(70)11-12-67)54(28-43)91-24-18-72-57(86)37-81-33-45-25-48(26-46(45)34-81)79(7)19-8-17-71-55-31-56(75-40-74-55)82-22-15-66(16-23-82)39-83(38-58(87)78-66)52-30-50(68)47(27-51(52)69)35-80-20-13-65(5,6)14-21-80/h9-10,27-28,30-31,40-41,45-46,48-49,53,60,85H,8,11-26,29,32-39H2,1-7H3,(H,72,86)(H,73,88)(H,77,90)(H,78,87)(H,71,74,75)/t45-,46+,48?,49-,53+,60-/m1/s1. The third kappa shape index (κ3) is 15.9. The van der Waals surface area contributed by atoms with Crippen LogP contribution in [0.2, 0.25) is 0 Å². The predicted octanol–water partition coefficient (Wildman–Crippen LogP) is 6.03. The monoisotopic (exact) mass is 1290 g/mol. The van der Waals surface area contributed by atoms with Crippen molar-refractivity contribution in [3.63, 3.8) is 0 Å². The zero-order chi connectivity index (χ0) is 65.3. The van der Waals surface area contributed by atoms with Gasteiger partial charge in [0.2, 0.25) is 23.6 Å². The van der Waals surface area contributed by atoms with Gasteiger partial charge in [0.25, 0.3) is 5.91 Å². The molecule has 11 rings (SSSR count). The van der Waals surface area contributed by atoms with Crippen molar-refractivity contribution in [3.05, 3.63) is 76.7 Å². The summed E-state index contributed by atoms with van der Waals surface area (Å²) in [5.41, 5.74) is 1.53. The molecule has 2 saturated carbocycles. The first-order valence-electron chi connectivity index (χ1n) is 33.0. The van der Waals surface area contributed by atoms with Crippen LogP contribution < -0.4 is 41.1 Å². The molecule has 7 fully saturated rings. The molecule has 0 radical (unpaired) electrons. The van der Waals surface area contributed by atoms with E-state index in [0.717, 1.165) is 99.1 Å². The molecule has 7 aliphatic rings. The van der Waals surface area contributed by atoms with Crippen LogP contribution in [0.1, 0.15) is 116 Å². The summed E-state index contributed by atoms with van der Waals surface area (Å²) in [4.78, 5) is 93.8. The van der Waals surface area contributed by atoms with Gasteiger partial charge in [-0.25, -0.2) is 28.1 Å². The Hall–Kier alpha value is -6.67. The molecule has 7 heterocycles. The molecule has 6 N–H and O–H groups in total. The number of thiazole rings is 1. The number of carbonyl (C=O) groups excluding carboxylic acids is 5. The third-order valence-corrected chi connectivity index (χ3v) is 21.3. The summed E-state index contributed by atoms with van der Waals surface area (Å²) in [6.45, 7) is 19.4. The number of nitrogens with zero attached hydrogens (tertiary/aromatic N) is 9. The SMILES string of the molecule is Cc1ncsc1-c1ccc(CNC(=O)[C@@H]2C[C@@H](O)CN2C(=O)[C@@H](NC(=O)C2(F)CC2)C(C)(C)C)c(OCCNC(=O)CN2C[C@H]3CC(N(C)CCCNc4cc(N5CCC6(CC5)CN(c5cc(F)c(CN7CCC(C)(C)CC7)cc5F)CC(=O)N6)ncn4)C[C@H]3C2)c1. The number of aromatic nitrogens is 3. The number of aliphatic hydroxyl groups is 1. The van der Waals surface area contributed by atoms with Crippen molar-refractivity contribution >= 4 is 58.2 Å². The number of ether oxygens (including phenoxy) is 1. The van der Waals surface area contributed by atoms with Crippen LogP contribution in [0.5, 0.6) is 5.75 Å². The lowest BCUT2D eigenvalue weighted by molar-refractivity contribution is -0.145. The number of hydrogen-bond acceptors (Lipinski definition) is 17. The average molecular weight is 1300 g/mol. The van der Waals surface area contributed by atoms with Crippen molar-refractivity contribution in [1.82, 2.24) is 55.8 Å². The van der Waals surface area contributed by atoms with E-state index in [2.05, 4.69) is 82.0 Å². The number of anilines is 3. The molecule has 1 unspecified atom stereocenters. The largest absolute Gasteiger partial charge is 0.491 e. The van der Waals surface area contributed by atoms with E-state index in [-0.39, 0.29) is 75.0 Å². The Labute approximate surface area is 542 Å². The van der Waals surface area contributed by atoms with Crippen molar-refractivity contribution in [2.24, 2.45) is 22.7 Å². The number of β-amino-alcohol motifs (C(OH)–C–C–N with tert-alkyl or cyclic N) is 1. The molecule has 21 nitrogen and oxygen atoms in total. The number of amides is 5. The van der Waals surface area contributed by atoms with Crippen molar-refractivity contribution in [3.8, 4) is 16.2 Å². The highest BCUT2D eigenvalue weighted by molar-refractivity contribution is 7.13. The number of halogens is 3. The van der Waals surface area contributed by atoms with Gasteiger partial charge in [0.15, 0.2) is 5.67 Å². The zero-order valence-corrected chi connectivity index (χ0v) is 55.2. The molecule has 1 spiro atoms. The number of piperidine rings is 2. The quantitative estimate of drug-likeness (QED) is 0.0465. The number of carbonyl (C=O) groups is 5. The number of likely N-dealkylation sites (tertiary alicyclic amines) is 3. The maximum atomic E-state index is 15.8. The molecule has 6 atom stereocenters. The number of aliphatic hydroxyl groups excluding tert-OH is 1. The van der Waals surface area contributed by atoms with Gasteiger partial charge in [0.05, 0.1) is 53.0 Å². The van der Waals surface area contributed by atoms with Gasteiger partial charge in [-0.05, 0) is 132 Å². The molecule has 2 aromatic heterocycles. The Morgan fingerprint density at radius 1 is 0.870 bits per heavy atom. The van der Waals surface area contributed by atoms with Crippen LogP contribution in [0.15, 0.2) is 48.2 Å². The number of alkyl halides is 1. The fraction of sp³-hybridized carbons (Fsp3) is 0.642. The number of rotatable bonds is 23. The van der Waals surface area contributed by atoms with Crippen molar-refractivity contribution in [2.45, 2.75) is 154 Å². The molecule has 5 saturated heterocycles. The van der Waals surface area contributed by atoms with Gasteiger partial charge >= 0.3 is 0 Å². The number of hydrogen-bond donors (Lipinski definition) is 6. The van der Waals surface area contributed by atoms with Gasteiger partial charge in [0, 0.05) is 94.6 Å². The van der Waals surface area contributed by atoms with Gasteiger partial charge in [0.1, 0.15) is 54.0 Å². The van der Waals surface area contributed by atoms with Crippen LogP contribution >= 0.6 is 11.3 Å². The van der Waals surface area contributed by atoms with E-state index in [4.69, 9.17) is 4.74 Å². The van der Waals surface area contributed by atoms with E-state index in [1.54, 1.807) is 37.5 Å². The second kappa shape index (κ2) is 27.7. The molecular weight excluding hydrogens is 1200 g/mol. The van der Waals surface area contributed by atoms with Crippen LogP contribution in [-0.4, -0.2) is 203 Å². The maximum absolute atomic E-state index is 15.8. The Morgan fingerprint density at radius 3 is 2.30 bits per heavy atom. The highest BCUT2D eigenvalue weighted by Crippen LogP contribution is 2.42. The van der Waals surface area contributed by atoms with E-state index in [9.17, 15) is 33.5 Å². The first-order valence-corrected chi connectivity index (χ1v) is 33.9. The lowest BCUT2D eigenvalue weighted by atomic mass is 9.82. The molecule has 4 aromatic rings. The number of benzene rings is 2. The van der Waals surface area contributed by atoms with Crippen LogP contribution in [-0.2, 0) is 37.1 Å². The highest BCUT2D eigenvalue weighted by atomic mass is 32.1. The second-order valence-corrected chi connectivity index (χ2v) is 29.9. The lowest BCUT2D eigenvalue weighted by Gasteiger charge is -2.48. The minimum Gasteiger partial charge on any atom is -0.491 e. The Kier molecular flexibility index (Phi) is 20.1. The number of nitrogens with one attached hydrogen (secondary N) is 5. The molecule has 0 bridgehead atoms. The molecule has 5 aliphatic heterocycles. The average Bonchev–Trinajstić information content (AvgIpc) is 0.871. The summed E-state index contributed by atoms with van der Waals surface area (Å²) in [6.07, 6.45) is 7.14. The zero-order valence-electron chi connectivity index (χ0n) is 54.4. The van der Waals surface area contributed by atoms with Crippen molar-refractivity contribution in [1.29, 1.82) is 0 Å². The normalized spacial score (nSPS) is 23.9. The molecule has 2 aliphatic carbocycles. The topological polar surface area (TPSA) is 233 Å². The summed E-state index contributed by atoms with van der Waals surface area (Å²) in [5.74, 6) is -0.0508. The van der Waals surface area contributed by atoms with Crippen LogP contribution in [0.25, 0.3) is 10.4 Å². The molecule has 92 heavy (non-hydrogen) atoms. The summed E-state index contributed by atoms with van der Waals surface area (Å²) in [7, 11) is 2.20. The van der Waals surface area contributed by atoms with E-state index in [1.807, 2.05) is 31.2 Å². The lowest BCUT2D eigenvalue weighted by Crippen LogP contribution is -2.66. The van der Waals surface area contributed by atoms with Gasteiger partial charge in [-0.1, -0.05) is 46.8 Å². The van der Waals surface area contributed by atoms with Crippen molar-refractivity contribution < 1.29 is 47.0 Å². The Bertz CT molecular complexity index is 3310. The molecule has 5 amide bonds.